The van der Waals surface area contributed by atoms with E-state index in [1.165, 1.54) is 25.7 Å². The minimum absolute atomic E-state index is 0.283. The molecule has 2 fully saturated rings. The summed E-state index contributed by atoms with van der Waals surface area (Å²) in [6, 6.07) is 4.93. The molecule has 1 aliphatic carbocycles. The molecule has 3 unspecified atom stereocenters. The molecule has 0 radical (unpaired) electrons. The molecule has 0 bridgehead atoms. The van der Waals surface area contributed by atoms with Crippen LogP contribution >= 0.6 is 0 Å². The minimum Gasteiger partial charge on any atom is -0.468 e. The molecule has 2 aliphatic rings. The van der Waals surface area contributed by atoms with E-state index in [9.17, 15) is 0 Å². The Hall–Kier alpha value is -1.49. The van der Waals surface area contributed by atoms with Crippen LogP contribution in [0, 0.1) is 5.92 Å². The van der Waals surface area contributed by atoms with Gasteiger partial charge in [-0.25, -0.2) is 0 Å². The maximum absolute atomic E-state index is 5.68. The topological polar surface area (TPSA) is 52.8 Å². The number of rotatable bonds is 5. The Labute approximate surface area is 133 Å². The zero-order valence-electron chi connectivity index (χ0n) is 13.7. The number of hydrogen-bond donors (Lipinski definition) is 2. The zero-order valence-corrected chi connectivity index (χ0v) is 13.7. The molecule has 0 aromatic carbocycles. The maximum Gasteiger partial charge on any atom is 0.191 e. The van der Waals surface area contributed by atoms with Gasteiger partial charge in [-0.05, 0) is 50.4 Å². The van der Waals surface area contributed by atoms with Crippen LogP contribution < -0.4 is 10.6 Å². The summed E-state index contributed by atoms with van der Waals surface area (Å²) in [4.78, 5) is 6.88. The van der Waals surface area contributed by atoms with Crippen molar-refractivity contribution in [1.29, 1.82) is 0 Å². The summed E-state index contributed by atoms with van der Waals surface area (Å²) >= 11 is 0. The first-order valence-electron chi connectivity index (χ1n) is 8.52. The van der Waals surface area contributed by atoms with Crippen molar-refractivity contribution in [2.24, 2.45) is 10.9 Å². The van der Waals surface area contributed by atoms with Crippen LogP contribution in [0.3, 0.4) is 0 Å². The van der Waals surface area contributed by atoms with E-state index in [1.54, 1.807) is 6.26 Å². The first kappa shape index (κ1) is 15.4. The SMILES string of the molecule is CN=C(NCC(c1ccco1)N1CCCCC1)NC1CC1C. The second-order valence-corrected chi connectivity index (χ2v) is 6.54. The first-order chi connectivity index (χ1) is 10.8. The van der Waals surface area contributed by atoms with Crippen LogP contribution in [0.15, 0.2) is 27.8 Å². The summed E-state index contributed by atoms with van der Waals surface area (Å²) in [7, 11) is 1.84. The number of guanidine groups is 1. The predicted molar refractivity (Wildman–Crippen MR) is 88.9 cm³/mol. The Morgan fingerprint density at radius 2 is 2.18 bits per heavy atom. The van der Waals surface area contributed by atoms with Crippen LogP contribution in [0.5, 0.6) is 0 Å². The third-order valence-corrected chi connectivity index (χ3v) is 4.82. The van der Waals surface area contributed by atoms with Gasteiger partial charge in [0.1, 0.15) is 5.76 Å². The van der Waals surface area contributed by atoms with Crippen molar-refractivity contribution in [2.45, 2.75) is 44.7 Å². The van der Waals surface area contributed by atoms with Gasteiger partial charge >= 0.3 is 0 Å². The highest BCUT2D eigenvalue weighted by molar-refractivity contribution is 5.80. The van der Waals surface area contributed by atoms with Crippen molar-refractivity contribution in [2.75, 3.05) is 26.7 Å². The highest BCUT2D eigenvalue weighted by Crippen LogP contribution is 2.29. The van der Waals surface area contributed by atoms with Crippen LogP contribution in [0.4, 0.5) is 0 Å². The average Bonchev–Trinajstić information content (AvgIpc) is 3.02. The normalized spacial score (nSPS) is 27.5. The van der Waals surface area contributed by atoms with Crippen LogP contribution in [0.1, 0.15) is 44.4 Å². The Bertz CT molecular complexity index is 479. The molecule has 3 rings (SSSR count). The third-order valence-electron chi connectivity index (χ3n) is 4.82. The minimum atomic E-state index is 0.283. The number of furan rings is 1. The van der Waals surface area contributed by atoms with E-state index >= 15 is 0 Å². The van der Waals surface area contributed by atoms with E-state index in [0.29, 0.717) is 6.04 Å². The highest BCUT2D eigenvalue weighted by atomic mass is 16.3. The van der Waals surface area contributed by atoms with Crippen LogP contribution in [-0.4, -0.2) is 43.6 Å². The first-order valence-corrected chi connectivity index (χ1v) is 8.52. The molecule has 2 heterocycles. The number of hydrogen-bond acceptors (Lipinski definition) is 3. The molecule has 1 aromatic heterocycles. The van der Waals surface area contributed by atoms with Gasteiger partial charge in [-0.1, -0.05) is 13.3 Å². The standard InChI is InChI=1S/C17H28N4O/c1-13-11-14(13)20-17(18-2)19-12-15(16-7-6-10-22-16)21-8-4-3-5-9-21/h6-7,10,13-15H,3-5,8-9,11-12H2,1-2H3,(H2,18,19,20). The molecule has 5 heteroatoms. The van der Waals surface area contributed by atoms with Gasteiger partial charge < -0.3 is 15.1 Å². The molecule has 5 nitrogen and oxygen atoms in total. The van der Waals surface area contributed by atoms with E-state index in [4.69, 9.17) is 4.42 Å². The van der Waals surface area contributed by atoms with Crippen molar-refractivity contribution in [3.05, 3.63) is 24.2 Å². The van der Waals surface area contributed by atoms with Gasteiger partial charge in [0.2, 0.25) is 0 Å². The van der Waals surface area contributed by atoms with Gasteiger partial charge in [-0.3, -0.25) is 9.89 Å². The summed E-state index contributed by atoms with van der Waals surface area (Å²) in [5.41, 5.74) is 0. The summed E-state index contributed by atoms with van der Waals surface area (Å²) in [6.45, 7) is 5.40. The van der Waals surface area contributed by atoms with E-state index in [2.05, 4.69) is 33.5 Å². The largest absolute Gasteiger partial charge is 0.468 e. The lowest BCUT2D eigenvalue weighted by atomic mass is 10.1. The van der Waals surface area contributed by atoms with E-state index in [1.807, 2.05) is 13.1 Å². The Kier molecular flexibility index (Phi) is 5.03. The molecule has 1 aromatic rings. The van der Waals surface area contributed by atoms with E-state index in [-0.39, 0.29) is 6.04 Å². The van der Waals surface area contributed by atoms with Gasteiger partial charge in [0.05, 0.1) is 12.3 Å². The van der Waals surface area contributed by atoms with Crippen molar-refractivity contribution in [1.82, 2.24) is 15.5 Å². The van der Waals surface area contributed by atoms with E-state index < -0.39 is 0 Å². The summed E-state index contributed by atoms with van der Waals surface area (Å²) < 4.78 is 5.68. The average molecular weight is 304 g/mol. The molecule has 0 spiro atoms. The molecule has 122 valence electrons. The lowest BCUT2D eigenvalue weighted by Crippen LogP contribution is -2.45. The molecule has 2 N–H and O–H groups in total. The van der Waals surface area contributed by atoms with Crippen LogP contribution in [0.2, 0.25) is 0 Å². The molecule has 1 aliphatic heterocycles. The number of nitrogens with one attached hydrogen (secondary N) is 2. The summed E-state index contributed by atoms with van der Waals surface area (Å²) in [6.07, 6.45) is 6.92. The number of piperidine rings is 1. The fourth-order valence-corrected chi connectivity index (χ4v) is 3.21. The van der Waals surface area contributed by atoms with Gasteiger partial charge in [0.15, 0.2) is 5.96 Å². The molecule has 1 saturated heterocycles. The van der Waals surface area contributed by atoms with Gasteiger partial charge in [-0.15, -0.1) is 0 Å². The van der Waals surface area contributed by atoms with Crippen molar-refractivity contribution >= 4 is 5.96 Å². The summed E-state index contributed by atoms with van der Waals surface area (Å²) in [5.74, 6) is 2.72. The van der Waals surface area contributed by atoms with Crippen LogP contribution in [-0.2, 0) is 0 Å². The molecular weight excluding hydrogens is 276 g/mol. The van der Waals surface area contributed by atoms with Gasteiger partial charge in [0, 0.05) is 19.6 Å². The smallest absolute Gasteiger partial charge is 0.191 e. The molecular formula is C17H28N4O. The number of nitrogens with zero attached hydrogens (tertiary/aromatic N) is 2. The Balaban J connectivity index is 1.59. The Morgan fingerprint density at radius 3 is 2.77 bits per heavy atom. The second-order valence-electron chi connectivity index (χ2n) is 6.54. The Morgan fingerprint density at radius 1 is 1.41 bits per heavy atom. The number of likely N-dealkylation sites (tertiary alicyclic amines) is 1. The van der Waals surface area contributed by atoms with Gasteiger partial charge in [0.25, 0.3) is 0 Å². The predicted octanol–water partition coefficient (Wildman–Crippen LogP) is 2.38. The number of aliphatic imine (C=N–C) groups is 1. The molecule has 1 saturated carbocycles. The van der Waals surface area contributed by atoms with Gasteiger partial charge in [-0.2, -0.15) is 0 Å². The highest BCUT2D eigenvalue weighted by Gasteiger charge is 2.33. The van der Waals surface area contributed by atoms with Crippen molar-refractivity contribution in [3.63, 3.8) is 0 Å². The summed E-state index contributed by atoms with van der Waals surface area (Å²) in [5, 5.41) is 6.97. The van der Waals surface area contributed by atoms with Crippen LogP contribution in [0.25, 0.3) is 0 Å². The van der Waals surface area contributed by atoms with Crippen molar-refractivity contribution < 1.29 is 4.42 Å². The van der Waals surface area contributed by atoms with Crippen molar-refractivity contribution in [3.8, 4) is 0 Å². The molecule has 22 heavy (non-hydrogen) atoms. The monoisotopic (exact) mass is 304 g/mol. The third kappa shape index (κ3) is 3.83. The second kappa shape index (κ2) is 7.18. The fourth-order valence-electron chi connectivity index (χ4n) is 3.21. The quantitative estimate of drug-likeness (QED) is 0.648. The maximum atomic E-state index is 5.68. The lowest BCUT2D eigenvalue weighted by molar-refractivity contribution is 0.146. The van der Waals surface area contributed by atoms with E-state index in [0.717, 1.165) is 37.3 Å². The lowest BCUT2D eigenvalue weighted by Gasteiger charge is -2.33. The fraction of sp³-hybridized carbons (Fsp3) is 0.706. The zero-order chi connectivity index (χ0) is 15.4. The molecule has 0 amide bonds. The molecule has 3 atom stereocenters.